The molecule has 0 bridgehead atoms. The van der Waals surface area contributed by atoms with Crippen molar-refractivity contribution in [2.75, 3.05) is 14.2 Å². The van der Waals surface area contributed by atoms with Gasteiger partial charge in [0.1, 0.15) is 11.4 Å². The summed E-state index contributed by atoms with van der Waals surface area (Å²) in [6.07, 6.45) is 8.41. The van der Waals surface area contributed by atoms with Crippen molar-refractivity contribution >= 4 is 23.0 Å². The highest BCUT2D eigenvalue weighted by molar-refractivity contribution is 5.96. The first-order chi connectivity index (χ1) is 14.6. The molecule has 0 radical (unpaired) electrons. The molecule has 3 N–H and O–H groups in total. The molecule has 4 rings (SSSR count). The monoisotopic (exact) mass is 400 g/mol. The van der Waals surface area contributed by atoms with E-state index in [0.717, 1.165) is 38.9 Å². The van der Waals surface area contributed by atoms with Gasteiger partial charge in [-0.05, 0) is 53.1 Å². The molecule has 0 aliphatic heterocycles. The average Bonchev–Trinajstić information content (AvgIpc) is 3.20. The number of rotatable bonds is 6. The minimum Gasteiger partial charge on any atom is -0.497 e. The predicted octanol–water partition coefficient (Wildman–Crippen LogP) is 3.81. The Labute approximate surface area is 173 Å². The Morgan fingerprint density at radius 1 is 1.03 bits per heavy atom. The van der Waals surface area contributed by atoms with Gasteiger partial charge in [-0.1, -0.05) is 0 Å². The third kappa shape index (κ3) is 3.86. The zero-order chi connectivity index (χ0) is 21.1. The van der Waals surface area contributed by atoms with Gasteiger partial charge in [0.15, 0.2) is 0 Å². The van der Waals surface area contributed by atoms with E-state index in [-0.39, 0.29) is 0 Å². The van der Waals surface area contributed by atoms with Gasteiger partial charge >= 0.3 is 0 Å². The smallest absolute Gasteiger partial charge is 0.241 e. The number of carbonyl (C=O) groups is 1. The molecule has 0 saturated carbocycles. The van der Waals surface area contributed by atoms with Gasteiger partial charge in [-0.2, -0.15) is 0 Å². The molecule has 1 amide bonds. The maximum atomic E-state index is 11.1. The normalized spacial score (nSPS) is 11.1. The number of pyridine rings is 2. The van der Waals surface area contributed by atoms with Crippen molar-refractivity contribution in [2.45, 2.75) is 0 Å². The molecule has 4 aromatic rings. The summed E-state index contributed by atoms with van der Waals surface area (Å²) >= 11 is 0. The summed E-state index contributed by atoms with van der Waals surface area (Å²) in [6, 6.07) is 11.6. The molecular formula is C23H20N4O3. The lowest BCUT2D eigenvalue weighted by molar-refractivity contribution is -0.113. The van der Waals surface area contributed by atoms with Gasteiger partial charge in [0, 0.05) is 47.2 Å². The molecule has 0 aliphatic carbocycles. The Kier molecular flexibility index (Phi) is 5.17. The van der Waals surface area contributed by atoms with E-state index in [9.17, 15) is 4.79 Å². The average molecular weight is 400 g/mol. The van der Waals surface area contributed by atoms with Crippen LogP contribution in [0.3, 0.4) is 0 Å². The number of nitrogens with two attached hydrogens (primary N) is 1. The first kappa shape index (κ1) is 19.2. The number of amides is 1. The number of ether oxygens (including phenoxy) is 2. The number of nitrogens with zero attached hydrogens (tertiary/aromatic N) is 2. The minimum absolute atomic E-state index is 0.507. The van der Waals surface area contributed by atoms with E-state index in [2.05, 4.69) is 21.0 Å². The van der Waals surface area contributed by atoms with E-state index in [1.54, 1.807) is 32.7 Å². The van der Waals surface area contributed by atoms with Gasteiger partial charge in [-0.15, -0.1) is 0 Å². The van der Waals surface area contributed by atoms with Crippen LogP contribution in [0.2, 0.25) is 0 Å². The second kappa shape index (κ2) is 8.08. The third-order valence-corrected chi connectivity index (χ3v) is 4.72. The third-order valence-electron chi connectivity index (χ3n) is 4.72. The molecule has 3 heterocycles. The molecule has 30 heavy (non-hydrogen) atoms. The number of carbonyl (C=O) groups excluding carboxylic acids is 1. The Morgan fingerprint density at radius 3 is 2.67 bits per heavy atom. The summed E-state index contributed by atoms with van der Waals surface area (Å²) in [7, 11) is 3.19. The van der Waals surface area contributed by atoms with Gasteiger partial charge in [-0.25, -0.2) is 9.97 Å². The molecule has 0 unspecified atom stereocenters. The van der Waals surface area contributed by atoms with Crippen LogP contribution in [0.25, 0.3) is 39.4 Å². The number of aromatic amines is 1. The number of primary amides is 1. The van der Waals surface area contributed by atoms with Crippen molar-refractivity contribution in [3.63, 3.8) is 0 Å². The lowest BCUT2D eigenvalue weighted by Gasteiger charge is -2.08. The van der Waals surface area contributed by atoms with Crippen LogP contribution in [0.5, 0.6) is 11.6 Å². The number of hydrogen-bond donors (Lipinski definition) is 2. The van der Waals surface area contributed by atoms with E-state index < -0.39 is 5.91 Å². The van der Waals surface area contributed by atoms with Crippen LogP contribution in [0.4, 0.5) is 0 Å². The van der Waals surface area contributed by atoms with Gasteiger partial charge in [0.25, 0.3) is 0 Å². The molecule has 150 valence electrons. The fraction of sp³-hybridized carbons (Fsp3) is 0.0870. The number of H-pyrrole nitrogens is 1. The zero-order valence-corrected chi connectivity index (χ0v) is 16.5. The van der Waals surface area contributed by atoms with Crippen LogP contribution in [0.15, 0.2) is 61.1 Å². The zero-order valence-electron chi connectivity index (χ0n) is 16.5. The first-order valence-electron chi connectivity index (χ1n) is 9.22. The summed E-state index contributed by atoms with van der Waals surface area (Å²) < 4.78 is 10.7. The van der Waals surface area contributed by atoms with Crippen molar-refractivity contribution in [3.8, 4) is 33.9 Å². The molecule has 0 aliphatic rings. The lowest BCUT2D eigenvalue weighted by atomic mass is 10.0. The summed E-state index contributed by atoms with van der Waals surface area (Å²) in [5.74, 6) is 0.710. The van der Waals surface area contributed by atoms with Crippen LogP contribution in [-0.2, 0) is 4.79 Å². The first-order valence-corrected chi connectivity index (χ1v) is 9.22. The molecule has 7 nitrogen and oxygen atoms in total. The highest BCUT2D eigenvalue weighted by Gasteiger charge is 2.11. The molecule has 0 saturated heterocycles. The summed E-state index contributed by atoms with van der Waals surface area (Å²) in [5.41, 5.74) is 10.6. The Balaban J connectivity index is 1.82. The molecule has 7 heteroatoms. The van der Waals surface area contributed by atoms with E-state index in [1.165, 1.54) is 6.08 Å². The Hall–Kier alpha value is -4.13. The number of benzene rings is 1. The van der Waals surface area contributed by atoms with E-state index >= 15 is 0 Å². The molecule has 0 atom stereocenters. The van der Waals surface area contributed by atoms with Gasteiger partial charge in [0.05, 0.1) is 14.2 Å². The van der Waals surface area contributed by atoms with Gasteiger partial charge in [0.2, 0.25) is 11.8 Å². The number of hydrogen-bond acceptors (Lipinski definition) is 5. The van der Waals surface area contributed by atoms with E-state index in [4.69, 9.17) is 15.2 Å². The van der Waals surface area contributed by atoms with Gasteiger partial charge < -0.3 is 20.2 Å². The van der Waals surface area contributed by atoms with Crippen LogP contribution < -0.4 is 15.2 Å². The molecule has 0 fully saturated rings. The second-order valence-electron chi connectivity index (χ2n) is 6.64. The molecule has 1 aromatic carbocycles. The fourth-order valence-electron chi connectivity index (χ4n) is 3.27. The van der Waals surface area contributed by atoms with E-state index in [1.807, 2.05) is 36.5 Å². The summed E-state index contributed by atoms with van der Waals surface area (Å²) in [4.78, 5) is 23.0. The standard InChI is InChI=1S/C23H20N4O3/c1-29-18-8-14(3-4-21(24)28)7-16(9-18)17-10-19-20(13-27-23(19)26-12-17)15-5-6-25-22(11-15)30-2/h3-13H,1-2H3,(H2,24,28)(H,26,27). The van der Waals surface area contributed by atoms with Crippen molar-refractivity contribution < 1.29 is 14.3 Å². The number of fused-ring (bicyclic) bond motifs is 1. The molecular weight excluding hydrogens is 380 g/mol. The second-order valence-corrected chi connectivity index (χ2v) is 6.64. The number of nitrogens with one attached hydrogen (secondary N) is 1. The summed E-state index contributed by atoms with van der Waals surface area (Å²) in [5, 5.41) is 0.970. The minimum atomic E-state index is -0.507. The van der Waals surface area contributed by atoms with Crippen molar-refractivity contribution in [1.82, 2.24) is 15.0 Å². The van der Waals surface area contributed by atoms with Crippen LogP contribution in [0, 0.1) is 0 Å². The highest BCUT2D eigenvalue weighted by atomic mass is 16.5. The van der Waals surface area contributed by atoms with Crippen LogP contribution >= 0.6 is 0 Å². The van der Waals surface area contributed by atoms with Crippen molar-refractivity contribution in [2.24, 2.45) is 5.73 Å². The molecule has 3 aromatic heterocycles. The van der Waals surface area contributed by atoms with Gasteiger partial charge in [-0.3, -0.25) is 4.79 Å². The van der Waals surface area contributed by atoms with Crippen molar-refractivity contribution in [1.29, 1.82) is 0 Å². The SMILES string of the molecule is COc1cc(C=CC(N)=O)cc(-c2cnc3[nH]cc(-c4ccnc(OC)c4)c3c2)c1. The quantitative estimate of drug-likeness (QED) is 0.479. The summed E-state index contributed by atoms with van der Waals surface area (Å²) in [6.45, 7) is 0. The van der Waals surface area contributed by atoms with E-state index in [0.29, 0.717) is 11.6 Å². The topological polar surface area (TPSA) is 103 Å². The van der Waals surface area contributed by atoms with Crippen molar-refractivity contribution in [3.05, 3.63) is 66.6 Å². The largest absolute Gasteiger partial charge is 0.497 e. The molecule has 0 spiro atoms. The Morgan fingerprint density at radius 2 is 1.90 bits per heavy atom. The van der Waals surface area contributed by atoms with Crippen LogP contribution in [-0.4, -0.2) is 35.1 Å². The fourth-order valence-corrected chi connectivity index (χ4v) is 3.27. The lowest BCUT2D eigenvalue weighted by Crippen LogP contribution is -2.05. The maximum Gasteiger partial charge on any atom is 0.241 e. The van der Waals surface area contributed by atoms with Crippen LogP contribution in [0.1, 0.15) is 5.56 Å². The Bertz CT molecular complexity index is 1260. The predicted molar refractivity (Wildman–Crippen MR) is 116 cm³/mol. The number of aromatic nitrogens is 3. The number of methoxy groups -OCH3 is 2. The highest BCUT2D eigenvalue weighted by Crippen LogP contribution is 2.33. The maximum absolute atomic E-state index is 11.1.